The quantitative estimate of drug-likeness (QED) is 0.519. The standard InChI is InChI=1S/C21H24N2O6/c1-11-18(13(3)24)12(2)23-19(11)20(26)14(4)29-17(25)10-22-21(27)15-8-6-7-9-16(15)28-5/h6-9,14,23H,10H2,1-5H3,(H,22,27)/t14-/m0/s1. The summed E-state index contributed by atoms with van der Waals surface area (Å²) >= 11 is 0. The lowest BCUT2D eigenvalue weighted by atomic mass is 10.0. The van der Waals surface area contributed by atoms with Gasteiger partial charge in [-0.15, -0.1) is 0 Å². The Morgan fingerprint density at radius 3 is 2.38 bits per heavy atom. The second-order valence-electron chi connectivity index (χ2n) is 6.56. The maximum Gasteiger partial charge on any atom is 0.326 e. The van der Waals surface area contributed by atoms with Gasteiger partial charge in [0.1, 0.15) is 12.3 Å². The summed E-state index contributed by atoms with van der Waals surface area (Å²) in [5, 5.41) is 2.44. The third-order valence-corrected chi connectivity index (χ3v) is 4.46. The topological polar surface area (TPSA) is 115 Å². The number of hydrogen-bond donors (Lipinski definition) is 2. The molecule has 0 aliphatic rings. The van der Waals surface area contributed by atoms with Gasteiger partial charge in [-0.1, -0.05) is 12.1 Å². The lowest BCUT2D eigenvalue weighted by molar-refractivity contribution is -0.145. The Morgan fingerprint density at radius 1 is 1.14 bits per heavy atom. The summed E-state index contributed by atoms with van der Waals surface area (Å²) in [5.74, 6) is -1.50. The van der Waals surface area contributed by atoms with Gasteiger partial charge in [-0.25, -0.2) is 0 Å². The molecule has 1 heterocycles. The van der Waals surface area contributed by atoms with Gasteiger partial charge in [0.2, 0.25) is 5.78 Å². The Labute approximate surface area is 168 Å². The first kappa shape index (κ1) is 21.9. The number of aromatic nitrogens is 1. The molecule has 2 N–H and O–H groups in total. The van der Waals surface area contributed by atoms with Crippen molar-refractivity contribution >= 4 is 23.4 Å². The monoisotopic (exact) mass is 400 g/mol. The van der Waals surface area contributed by atoms with Crippen molar-refractivity contribution < 1.29 is 28.7 Å². The van der Waals surface area contributed by atoms with E-state index in [1.807, 2.05) is 0 Å². The molecule has 1 atom stereocenters. The number of benzene rings is 1. The number of methoxy groups -OCH3 is 1. The Balaban J connectivity index is 1.99. The van der Waals surface area contributed by atoms with Crippen LogP contribution < -0.4 is 10.1 Å². The van der Waals surface area contributed by atoms with Crippen molar-refractivity contribution in [1.82, 2.24) is 10.3 Å². The number of ether oxygens (including phenoxy) is 2. The van der Waals surface area contributed by atoms with Gasteiger partial charge in [-0.2, -0.15) is 0 Å². The molecule has 0 bridgehead atoms. The first-order chi connectivity index (χ1) is 13.7. The second-order valence-corrected chi connectivity index (χ2v) is 6.56. The highest BCUT2D eigenvalue weighted by molar-refractivity contribution is 6.05. The summed E-state index contributed by atoms with van der Waals surface area (Å²) < 4.78 is 10.2. The molecule has 29 heavy (non-hydrogen) atoms. The molecule has 0 saturated carbocycles. The van der Waals surface area contributed by atoms with Crippen LogP contribution in [-0.4, -0.2) is 48.2 Å². The molecule has 0 saturated heterocycles. The molecule has 0 unspecified atom stereocenters. The highest BCUT2D eigenvalue weighted by Crippen LogP contribution is 2.20. The minimum absolute atomic E-state index is 0.154. The third kappa shape index (κ3) is 4.90. The third-order valence-electron chi connectivity index (χ3n) is 4.46. The summed E-state index contributed by atoms with van der Waals surface area (Å²) in [5.41, 5.74) is 2.07. The Kier molecular flexibility index (Phi) is 6.93. The fraction of sp³-hybridized carbons (Fsp3) is 0.333. The van der Waals surface area contributed by atoms with Crippen LogP contribution in [0.4, 0.5) is 0 Å². The van der Waals surface area contributed by atoms with E-state index in [1.165, 1.54) is 21.0 Å². The van der Waals surface area contributed by atoms with Gasteiger partial charge in [0.25, 0.3) is 5.91 Å². The molecule has 1 amide bonds. The molecule has 0 aliphatic heterocycles. The van der Waals surface area contributed by atoms with Gasteiger partial charge in [0, 0.05) is 11.3 Å². The van der Waals surface area contributed by atoms with Crippen molar-refractivity contribution in [3.63, 3.8) is 0 Å². The minimum atomic E-state index is -1.08. The Bertz CT molecular complexity index is 960. The number of H-pyrrole nitrogens is 1. The van der Waals surface area contributed by atoms with Crippen LogP contribution in [0.2, 0.25) is 0 Å². The Morgan fingerprint density at radius 2 is 1.79 bits per heavy atom. The first-order valence-electron chi connectivity index (χ1n) is 9.02. The summed E-state index contributed by atoms with van der Waals surface area (Å²) in [4.78, 5) is 51.5. The SMILES string of the molecule is COc1ccccc1C(=O)NCC(=O)O[C@@H](C)C(=O)c1[nH]c(C)c(C(C)=O)c1C. The van der Waals surface area contributed by atoms with Crippen LogP contribution in [-0.2, 0) is 9.53 Å². The van der Waals surface area contributed by atoms with Crippen molar-refractivity contribution in [1.29, 1.82) is 0 Å². The van der Waals surface area contributed by atoms with Gasteiger partial charge in [-0.05, 0) is 45.4 Å². The van der Waals surface area contributed by atoms with E-state index in [1.54, 1.807) is 38.1 Å². The van der Waals surface area contributed by atoms with Gasteiger partial charge in [0.15, 0.2) is 11.9 Å². The summed E-state index contributed by atoms with van der Waals surface area (Å²) in [7, 11) is 1.44. The summed E-state index contributed by atoms with van der Waals surface area (Å²) in [6.07, 6.45) is -1.08. The number of esters is 1. The highest BCUT2D eigenvalue weighted by atomic mass is 16.5. The number of aryl methyl sites for hydroxylation is 1. The van der Waals surface area contributed by atoms with Crippen LogP contribution in [0, 0.1) is 13.8 Å². The molecule has 2 rings (SSSR count). The zero-order chi connectivity index (χ0) is 21.7. The molecule has 2 aromatic rings. The molecule has 0 fully saturated rings. The van der Waals surface area contributed by atoms with E-state index in [0.717, 1.165) is 0 Å². The van der Waals surface area contributed by atoms with Crippen LogP contribution in [0.15, 0.2) is 24.3 Å². The Hall–Kier alpha value is -3.42. The van der Waals surface area contributed by atoms with Crippen LogP contribution in [0.25, 0.3) is 0 Å². The number of Topliss-reactive ketones (excluding diaryl/α,β-unsaturated/α-hetero) is 2. The predicted octanol–water partition coefficient (Wildman–Crippen LogP) is 2.39. The molecule has 154 valence electrons. The number of rotatable bonds is 8. The first-order valence-corrected chi connectivity index (χ1v) is 9.02. The summed E-state index contributed by atoms with van der Waals surface area (Å²) in [6, 6.07) is 6.59. The number of carbonyl (C=O) groups excluding carboxylic acids is 4. The van der Waals surface area contributed by atoms with Crippen LogP contribution in [0.3, 0.4) is 0 Å². The second kappa shape index (κ2) is 9.18. The predicted molar refractivity (Wildman–Crippen MR) is 105 cm³/mol. The molecule has 1 aromatic heterocycles. The molecule has 0 spiro atoms. The number of carbonyl (C=O) groups is 4. The van der Waals surface area contributed by atoms with Crippen molar-refractivity contribution in [2.45, 2.75) is 33.8 Å². The van der Waals surface area contributed by atoms with E-state index >= 15 is 0 Å². The van der Waals surface area contributed by atoms with Gasteiger partial charge in [-0.3, -0.25) is 19.2 Å². The maximum absolute atomic E-state index is 12.6. The molecule has 1 aromatic carbocycles. The number of para-hydroxylation sites is 1. The molecular weight excluding hydrogens is 376 g/mol. The number of hydrogen-bond acceptors (Lipinski definition) is 6. The largest absolute Gasteiger partial charge is 0.496 e. The number of ketones is 2. The molecular formula is C21H24N2O6. The fourth-order valence-corrected chi connectivity index (χ4v) is 3.10. The van der Waals surface area contributed by atoms with Crippen molar-refractivity contribution in [3.8, 4) is 5.75 Å². The van der Waals surface area contributed by atoms with E-state index in [-0.39, 0.29) is 17.0 Å². The average molecular weight is 400 g/mol. The van der Waals surface area contributed by atoms with E-state index < -0.39 is 30.3 Å². The van der Waals surface area contributed by atoms with Gasteiger partial charge < -0.3 is 19.8 Å². The van der Waals surface area contributed by atoms with Crippen molar-refractivity contribution in [2.75, 3.05) is 13.7 Å². The molecule has 8 heteroatoms. The zero-order valence-electron chi connectivity index (χ0n) is 17.0. The molecule has 0 aliphatic carbocycles. The number of nitrogens with one attached hydrogen (secondary N) is 2. The molecule has 8 nitrogen and oxygen atoms in total. The zero-order valence-corrected chi connectivity index (χ0v) is 17.0. The number of aromatic amines is 1. The maximum atomic E-state index is 12.6. The normalized spacial score (nSPS) is 11.5. The van der Waals surface area contributed by atoms with Crippen LogP contribution in [0.5, 0.6) is 5.75 Å². The van der Waals surface area contributed by atoms with Gasteiger partial charge >= 0.3 is 5.97 Å². The van der Waals surface area contributed by atoms with E-state index in [0.29, 0.717) is 22.6 Å². The van der Waals surface area contributed by atoms with Crippen LogP contribution >= 0.6 is 0 Å². The van der Waals surface area contributed by atoms with E-state index in [9.17, 15) is 19.2 Å². The highest BCUT2D eigenvalue weighted by Gasteiger charge is 2.26. The lowest BCUT2D eigenvalue weighted by Crippen LogP contribution is -2.34. The van der Waals surface area contributed by atoms with Gasteiger partial charge in [0.05, 0.1) is 18.4 Å². The average Bonchev–Trinajstić information content (AvgIpc) is 2.99. The number of amides is 1. The fourth-order valence-electron chi connectivity index (χ4n) is 3.10. The van der Waals surface area contributed by atoms with E-state index in [4.69, 9.17) is 9.47 Å². The summed E-state index contributed by atoms with van der Waals surface area (Å²) in [6.45, 7) is 5.81. The van der Waals surface area contributed by atoms with Crippen molar-refractivity contribution in [3.05, 3.63) is 52.3 Å². The molecule has 0 radical (unpaired) electrons. The van der Waals surface area contributed by atoms with Crippen LogP contribution in [0.1, 0.15) is 56.3 Å². The van der Waals surface area contributed by atoms with Crippen molar-refractivity contribution in [2.24, 2.45) is 0 Å². The minimum Gasteiger partial charge on any atom is -0.496 e. The van der Waals surface area contributed by atoms with E-state index in [2.05, 4.69) is 10.3 Å². The smallest absolute Gasteiger partial charge is 0.326 e. The lowest BCUT2D eigenvalue weighted by Gasteiger charge is -2.13.